The van der Waals surface area contributed by atoms with E-state index in [4.69, 9.17) is 9.47 Å². The van der Waals surface area contributed by atoms with Crippen molar-refractivity contribution >= 4 is 11.6 Å². The Hall–Kier alpha value is -3.37. The molecule has 1 N–H and O–H groups in total. The van der Waals surface area contributed by atoms with Crippen molar-refractivity contribution in [3.05, 3.63) is 53.0 Å². The molecule has 0 atom stereocenters. The van der Waals surface area contributed by atoms with E-state index >= 15 is 0 Å². The maximum Gasteiger partial charge on any atom is 0.280 e. The summed E-state index contributed by atoms with van der Waals surface area (Å²) in [4.78, 5) is 16.1. The summed E-state index contributed by atoms with van der Waals surface area (Å²) >= 11 is 0. The van der Waals surface area contributed by atoms with Crippen LogP contribution < -0.4 is 14.8 Å². The van der Waals surface area contributed by atoms with Crippen LogP contribution in [0.3, 0.4) is 0 Å². The van der Waals surface area contributed by atoms with Crippen LogP contribution in [0, 0.1) is 0 Å². The predicted molar refractivity (Wildman–Crippen MR) is 103 cm³/mol. The molecular weight excluding hydrogens is 420 g/mol. The number of amides is 1. The monoisotopic (exact) mass is 440 g/mol. The van der Waals surface area contributed by atoms with Crippen LogP contribution in [0.1, 0.15) is 54.1 Å². The first-order valence-corrected chi connectivity index (χ1v) is 9.47. The summed E-state index contributed by atoms with van der Waals surface area (Å²) in [6.07, 6.45) is -6.10. The molecule has 1 amide bonds. The molecule has 0 aliphatic carbocycles. The van der Waals surface area contributed by atoms with Crippen molar-refractivity contribution in [3.8, 4) is 11.5 Å². The van der Waals surface area contributed by atoms with Gasteiger partial charge in [-0.2, -0.15) is 5.10 Å². The summed E-state index contributed by atoms with van der Waals surface area (Å²) in [6, 6.07) is 6.82. The first kappa shape index (κ1) is 22.3. The molecular formula is C20H20F4N4O3. The van der Waals surface area contributed by atoms with Gasteiger partial charge >= 0.3 is 0 Å². The number of fused-ring (bicyclic) bond motifs is 1. The van der Waals surface area contributed by atoms with Gasteiger partial charge < -0.3 is 14.8 Å². The summed E-state index contributed by atoms with van der Waals surface area (Å²) in [5.41, 5.74) is -1.37. The number of nitrogens with one attached hydrogen (secondary N) is 1. The molecule has 3 rings (SSSR count). The minimum absolute atomic E-state index is 0.0939. The van der Waals surface area contributed by atoms with Gasteiger partial charge in [0.15, 0.2) is 22.8 Å². The first-order valence-electron chi connectivity index (χ1n) is 9.47. The van der Waals surface area contributed by atoms with Gasteiger partial charge in [0.2, 0.25) is 0 Å². The zero-order valence-electron chi connectivity index (χ0n) is 16.7. The Bertz CT molecular complexity index is 1070. The van der Waals surface area contributed by atoms with Crippen LogP contribution in [0.4, 0.5) is 17.6 Å². The van der Waals surface area contributed by atoms with Crippen LogP contribution >= 0.6 is 0 Å². The summed E-state index contributed by atoms with van der Waals surface area (Å²) in [6.45, 7) is 4.66. The van der Waals surface area contributed by atoms with Crippen molar-refractivity contribution in [2.24, 2.45) is 0 Å². The van der Waals surface area contributed by atoms with Gasteiger partial charge in [0.05, 0.1) is 13.2 Å². The first-order chi connectivity index (χ1) is 14.8. The van der Waals surface area contributed by atoms with E-state index in [0.717, 1.165) is 6.07 Å². The zero-order valence-corrected chi connectivity index (χ0v) is 16.7. The van der Waals surface area contributed by atoms with E-state index in [1.807, 2.05) is 13.8 Å². The molecule has 0 saturated heterocycles. The molecule has 7 nitrogen and oxygen atoms in total. The van der Waals surface area contributed by atoms with E-state index < -0.39 is 30.1 Å². The highest BCUT2D eigenvalue weighted by molar-refractivity contribution is 5.93. The molecule has 0 spiro atoms. The number of nitrogens with zero attached hydrogens (tertiary/aromatic N) is 3. The van der Waals surface area contributed by atoms with Crippen molar-refractivity contribution in [3.63, 3.8) is 0 Å². The van der Waals surface area contributed by atoms with Crippen LogP contribution in [-0.2, 0) is 6.54 Å². The second-order valence-corrected chi connectivity index (χ2v) is 6.34. The summed E-state index contributed by atoms with van der Waals surface area (Å²) in [7, 11) is 0. The molecule has 31 heavy (non-hydrogen) atoms. The van der Waals surface area contributed by atoms with Gasteiger partial charge in [-0.1, -0.05) is 6.07 Å². The third kappa shape index (κ3) is 5.04. The summed E-state index contributed by atoms with van der Waals surface area (Å²) in [5, 5.41) is 6.41. The van der Waals surface area contributed by atoms with Crippen molar-refractivity contribution in [1.82, 2.24) is 19.9 Å². The van der Waals surface area contributed by atoms with Crippen LogP contribution in [-0.4, -0.2) is 33.7 Å². The molecule has 11 heteroatoms. The number of carbonyl (C=O) groups is 1. The van der Waals surface area contributed by atoms with E-state index in [9.17, 15) is 22.4 Å². The second kappa shape index (κ2) is 9.63. The van der Waals surface area contributed by atoms with Crippen molar-refractivity contribution < 1.29 is 31.8 Å². The van der Waals surface area contributed by atoms with Gasteiger partial charge in [-0.15, -0.1) is 0 Å². The maximum atomic E-state index is 13.3. The lowest BCUT2D eigenvalue weighted by molar-refractivity contribution is 0.0944. The van der Waals surface area contributed by atoms with Crippen molar-refractivity contribution in [1.29, 1.82) is 0 Å². The molecule has 0 aliphatic heterocycles. The largest absolute Gasteiger partial charge is 0.490 e. The lowest BCUT2D eigenvalue weighted by Gasteiger charge is -2.12. The average molecular weight is 440 g/mol. The molecule has 3 aromatic rings. The molecule has 0 fully saturated rings. The number of rotatable bonds is 9. The predicted octanol–water partition coefficient (Wildman–Crippen LogP) is 4.33. The van der Waals surface area contributed by atoms with Gasteiger partial charge in [-0.25, -0.2) is 27.1 Å². The average Bonchev–Trinajstić information content (AvgIpc) is 3.17. The molecule has 0 unspecified atom stereocenters. The highest BCUT2D eigenvalue weighted by Gasteiger charge is 2.22. The molecule has 0 bridgehead atoms. The number of hydrogen-bond acceptors (Lipinski definition) is 5. The van der Waals surface area contributed by atoms with Crippen LogP contribution in [0.5, 0.6) is 11.5 Å². The standard InChI is InChI=1S/C20H20F4N4O3/c1-3-30-15-6-5-11(7-16(15)31-4-2)10-25-20(29)13-9-17-26-12(18(21)22)8-14(19(23)24)28(17)27-13/h5-9,18-19H,3-4,10H2,1-2H3,(H,25,29). The smallest absolute Gasteiger partial charge is 0.280 e. The number of aromatic nitrogens is 3. The number of hydrogen-bond donors (Lipinski definition) is 1. The SMILES string of the molecule is CCOc1ccc(CNC(=O)c2cc3nc(C(F)F)cc(C(F)F)n3n2)cc1OCC. The van der Waals surface area contributed by atoms with Crippen molar-refractivity contribution in [2.75, 3.05) is 13.2 Å². The van der Waals surface area contributed by atoms with Gasteiger partial charge in [0.1, 0.15) is 11.4 Å². The Morgan fingerprint density at radius 3 is 2.39 bits per heavy atom. The Balaban J connectivity index is 1.80. The topological polar surface area (TPSA) is 77.8 Å². The molecule has 0 aliphatic rings. The highest BCUT2D eigenvalue weighted by atomic mass is 19.3. The van der Waals surface area contributed by atoms with E-state index in [2.05, 4.69) is 15.4 Å². The zero-order chi connectivity index (χ0) is 22.5. The van der Waals surface area contributed by atoms with Crippen LogP contribution in [0.15, 0.2) is 30.3 Å². The molecule has 2 aromatic heterocycles. The van der Waals surface area contributed by atoms with Gasteiger partial charge in [0.25, 0.3) is 18.8 Å². The number of alkyl halides is 4. The Kier molecular flexibility index (Phi) is 6.93. The highest BCUT2D eigenvalue weighted by Crippen LogP contribution is 2.29. The van der Waals surface area contributed by atoms with E-state index in [1.54, 1.807) is 18.2 Å². The third-order valence-corrected chi connectivity index (χ3v) is 4.22. The minimum atomic E-state index is -3.07. The van der Waals surface area contributed by atoms with E-state index in [1.165, 1.54) is 0 Å². The minimum Gasteiger partial charge on any atom is -0.490 e. The third-order valence-electron chi connectivity index (χ3n) is 4.22. The van der Waals surface area contributed by atoms with E-state index in [0.29, 0.717) is 40.9 Å². The van der Waals surface area contributed by atoms with Gasteiger partial charge in [-0.05, 0) is 37.6 Å². The van der Waals surface area contributed by atoms with Crippen LogP contribution in [0.25, 0.3) is 5.65 Å². The number of carbonyl (C=O) groups excluding carboxylic acids is 1. The summed E-state index contributed by atoms with van der Waals surface area (Å²) in [5.74, 6) is 0.422. The Morgan fingerprint density at radius 1 is 1.03 bits per heavy atom. The molecule has 2 heterocycles. The maximum absolute atomic E-state index is 13.3. The lowest BCUT2D eigenvalue weighted by Crippen LogP contribution is -2.23. The van der Waals surface area contributed by atoms with Crippen molar-refractivity contribution in [2.45, 2.75) is 33.2 Å². The number of halogens is 4. The lowest BCUT2D eigenvalue weighted by atomic mass is 10.2. The summed E-state index contributed by atoms with van der Waals surface area (Å²) < 4.78 is 64.1. The fourth-order valence-corrected chi connectivity index (χ4v) is 2.87. The number of benzene rings is 1. The molecule has 0 radical (unpaired) electrons. The molecule has 1 aromatic carbocycles. The van der Waals surface area contributed by atoms with E-state index in [-0.39, 0.29) is 17.9 Å². The second-order valence-electron chi connectivity index (χ2n) is 6.34. The van der Waals surface area contributed by atoms with Gasteiger partial charge in [0, 0.05) is 12.6 Å². The normalized spacial score (nSPS) is 11.4. The quantitative estimate of drug-likeness (QED) is 0.501. The Morgan fingerprint density at radius 2 is 1.74 bits per heavy atom. The number of ether oxygens (including phenoxy) is 2. The fraction of sp³-hybridized carbons (Fsp3) is 0.350. The Labute approximate surface area is 175 Å². The fourth-order valence-electron chi connectivity index (χ4n) is 2.87. The molecule has 0 saturated carbocycles. The molecule has 166 valence electrons. The van der Waals surface area contributed by atoms with Gasteiger partial charge in [-0.3, -0.25) is 4.79 Å². The van der Waals surface area contributed by atoms with Crippen LogP contribution in [0.2, 0.25) is 0 Å².